The highest BCUT2D eigenvalue weighted by molar-refractivity contribution is 5.96. The summed E-state index contributed by atoms with van der Waals surface area (Å²) in [5.41, 5.74) is 7.24. The number of carbonyl (C=O) groups excluding carboxylic acids is 2. The zero-order chi connectivity index (χ0) is 24.2. The first-order valence-electron chi connectivity index (χ1n) is 11.7. The molecule has 178 valence electrons. The first-order valence-corrected chi connectivity index (χ1v) is 11.7. The van der Waals surface area contributed by atoms with Gasteiger partial charge in [0.15, 0.2) is 6.10 Å². The number of aryl methyl sites for hydroxylation is 2. The Morgan fingerprint density at radius 1 is 1.21 bits per heavy atom. The van der Waals surface area contributed by atoms with Crippen LogP contribution < -0.4 is 10.2 Å². The highest BCUT2D eigenvalue weighted by Gasteiger charge is 2.29. The Labute approximate surface area is 199 Å². The summed E-state index contributed by atoms with van der Waals surface area (Å²) < 4.78 is 6.02. The summed E-state index contributed by atoms with van der Waals surface area (Å²) in [6.45, 7) is 7.10. The monoisotopic (exact) mass is 461 g/mol. The molecular weight excluding hydrogens is 430 g/mol. The third-order valence-electron chi connectivity index (χ3n) is 6.55. The van der Waals surface area contributed by atoms with Gasteiger partial charge in [0.25, 0.3) is 5.91 Å². The Bertz CT molecular complexity index is 1190. The Morgan fingerprint density at radius 2 is 1.97 bits per heavy atom. The van der Waals surface area contributed by atoms with E-state index in [0.29, 0.717) is 18.8 Å². The third kappa shape index (κ3) is 5.04. The van der Waals surface area contributed by atoms with Crippen LogP contribution in [-0.4, -0.2) is 46.1 Å². The molecule has 7 nitrogen and oxygen atoms in total. The molecule has 0 saturated carbocycles. The van der Waals surface area contributed by atoms with Crippen LogP contribution in [0, 0.1) is 19.8 Å². The fraction of sp³-hybridized carbons (Fsp3) is 0.370. The number of hydroxylamine groups is 1. The van der Waals surface area contributed by atoms with E-state index in [1.807, 2.05) is 24.3 Å². The number of nitrogens with one attached hydrogen (secondary N) is 1. The number of fused-ring (bicyclic) bond motifs is 1. The van der Waals surface area contributed by atoms with Crippen molar-refractivity contribution in [2.75, 3.05) is 13.1 Å². The van der Waals surface area contributed by atoms with Crippen molar-refractivity contribution in [3.8, 4) is 16.9 Å². The summed E-state index contributed by atoms with van der Waals surface area (Å²) in [6, 6.07) is 14.1. The van der Waals surface area contributed by atoms with Crippen LogP contribution in [0.15, 0.2) is 48.7 Å². The van der Waals surface area contributed by atoms with Crippen LogP contribution in [-0.2, 0) is 9.59 Å². The summed E-state index contributed by atoms with van der Waals surface area (Å²) in [5.74, 6) is 0.0944. The minimum Gasteiger partial charge on any atom is -0.481 e. The van der Waals surface area contributed by atoms with E-state index in [-0.39, 0.29) is 18.2 Å². The van der Waals surface area contributed by atoms with Crippen LogP contribution in [0.25, 0.3) is 22.0 Å². The van der Waals surface area contributed by atoms with E-state index in [0.717, 1.165) is 29.3 Å². The van der Waals surface area contributed by atoms with Gasteiger partial charge in [0.2, 0.25) is 5.91 Å². The normalized spacial score (nSPS) is 16.8. The van der Waals surface area contributed by atoms with E-state index >= 15 is 0 Å². The lowest BCUT2D eigenvalue weighted by Crippen LogP contribution is -2.46. The van der Waals surface area contributed by atoms with Gasteiger partial charge in [-0.15, -0.1) is 0 Å². The van der Waals surface area contributed by atoms with Gasteiger partial charge in [0, 0.05) is 37.2 Å². The molecule has 0 radical (unpaired) electrons. The van der Waals surface area contributed by atoms with Crippen molar-refractivity contribution in [3.63, 3.8) is 0 Å². The molecule has 1 aromatic heterocycles. The maximum Gasteiger partial charge on any atom is 0.263 e. The summed E-state index contributed by atoms with van der Waals surface area (Å²) >= 11 is 0. The number of ether oxygens (including phenoxy) is 1. The molecular formula is C27H31N3O4. The molecule has 0 unspecified atom stereocenters. The summed E-state index contributed by atoms with van der Waals surface area (Å²) in [6.07, 6.45) is 3.02. The van der Waals surface area contributed by atoms with Crippen molar-refractivity contribution in [2.24, 2.45) is 5.92 Å². The standard InChI is InChI=1S/C27H31N3O4/c1-17-6-4-7-18(2)26(17)23-11-12-28-24-15-21(9-10-22(23)24)34-19(3)27(32)30-13-5-8-20(16-30)14-25(31)29-33/h4,6-7,9-12,15,19-20,33H,5,8,13-14,16H2,1-3H3,(H,29,31)/t19-,20-/m1/s1. The molecule has 1 aliphatic heterocycles. The molecule has 3 aromatic rings. The number of pyridine rings is 1. The maximum absolute atomic E-state index is 13.0. The van der Waals surface area contributed by atoms with Crippen LogP contribution in [0.4, 0.5) is 0 Å². The number of likely N-dealkylation sites (tertiary alicyclic amines) is 1. The number of amides is 2. The van der Waals surface area contributed by atoms with E-state index in [2.05, 4.69) is 37.0 Å². The lowest BCUT2D eigenvalue weighted by Gasteiger charge is -2.34. The Kier molecular flexibility index (Phi) is 7.12. The van der Waals surface area contributed by atoms with Crippen molar-refractivity contribution < 1.29 is 19.5 Å². The summed E-state index contributed by atoms with van der Waals surface area (Å²) in [7, 11) is 0. The van der Waals surface area contributed by atoms with Gasteiger partial charge in [0.05, 0.1) is 5.52 Å². The third-order valence-corrected chi connectivity index (χ3v) is 6.55. The SMILES string of the molecule is Cc1cccc(C)c1-c1ccnc2cc(O[C@H](C)C(=O)N3CCC[C@H](CC(=O)NO)C3)ccc12. The molecule has 1 saturated heterocycles. The Morgan fingerprint density at radius 3 is 2.71 bits per heavy atom. The highest BCUT2D eigenvalue weighted by Crippen LogP contribution is 2.34. The first kappa shape index (κ1) is 23.7. The molecule has 2 heterocycles. The smallest absolute Gasteiger partial charge is 0.263 e. The van der Waals surface area contributed by atoms with E-state index in [4.69, 9.17) is 9.94 Å². The molecule has 7 heteroatoms. The van der Waals surface area contributed by atoms with Crippen LogP contribution in [0.5, 0.6) is 5.75 Å². The largest absolute Gasteiger partial charge is 0.481 e. The molecule has 4 rings (SSSR count). The van der Waals surface area contributed by atoms with Crippen molar-refractivity contribution in [1.82, 2.24) is 15.4 Å². The number of nitrogens with zero attached hydrogens (tertiary/aromatic N) is 2. The maximum atomic E-state index is 13.0. The molecule has 0 bridgehead atoms. The molecule has 1 fully saturated rings. The van der Waals surface area contributed by atoms with Crippen LogP contribution in [0.2, 0.25) is 0 Å². The zero-order valence-corrected chi connectivity index (χ0v) is 19.9. The minimum atomic E-state index is -0.662. The number of carbonyl (C=O) groups is 2. The van der Waals surface area contributed by atoms with E-state index in [1.54, 1.807) is 23.5 Å². The van der Waals surface area contributed by atoms with E-state index < -0.39 is 12.0 Å². The number of aromatic nitrogens is 1. The van der Waals surface area contributed by atoms with Gasteiger partial charge < -0.3 is 9.64 Å². The van der Waals surface area contributed by atoms with Gasteiger partial charge in [-0.05, 0) is 80.0 Å². The number of hydrogen-bond acceptors (Lipinski definition) is 5. The van der Waals surface area contributed by atoms with Gasteiger partial charge in [-0.3, -0.25) is 19.8 Å². The van der Waals surface area contributed by atoms with Gasteiger partial charge in [0.1, 0.15) is 5.75 Å². The van der Waals surface area contributed by atoms with Crippen LogP contribution in [0.1, 0.15) is 37.3 Å². The summed E-state index contributed by atoms with van der Waals surface area (Å²) in [5, 5.41) is 9.81. The van der Waals surface area contributed by atoms with Crippen LogP contribution >= 0.6 is 0 Å². The predicted octanol–water partition coefficient (Wildman–Crippen LogP) is 4.42. The number of piperidine rings is 1. The zero-order valence-electron chi connectivity index (χ0n) is 19.9. The van der Waals surface area contributed by atoms with Crippen molar-refractivity contribution in [3.05, 3.63) is 59.8 Å². The molecule has 2 aromatic carbocycles. The van der Waals surface area contributed by atoms with Crippen molar-refractivity contribution >= 4 is 22.7 Å². The van der Waals surface area contributed by atoms with E-state index in [1.165, 1.54) is 16.7 Å². The summed E-state index contributed by atoms with van der Waals surface area (Å²) in [4.78, 5) is 30.8. The topological polar surface area (TPSA) is 91.8 Å². The lowest BCUT2D eigenvalue weighted by atomic mass is 9.93. The fourth-order valence-electron chi connectivity index (χ4n) is 4.91. The molecule has 0 aliphatic carbocycles. The first-order chi connectivity index (χ1) is 16.4. The van der Waals surface area contributed by atoms with Gasteiger partial charge >= 0.3 is 0 Å². The minimum absolute atomic E-state index is 0.0326. The van der Waals surface area contributed by atoms with Crippen LogP contribution in [0.3, 0.4) is 0 Å². The molecule has 2 atom stereocenters. The van der Waals surface area contributed by atoms with Crippen molar-refractivity contribution in [2.45, 2.75) is 46.1 Å². The molecule has 1 aliphatic rings. The Hall–Kier alpha value is -3.45. The van der Waals surface area contributed by atoms with Crippen molar-refractivity contribution in [1.29, 1.82) is 0 Å². The average Bonchev–Trinajstić information content (AvgIpc) is 2.83. The second-order valence-electron chi connectivity index (χ2n) is 9.10. The Balaban J connectivity index is 1.50. The second-order valence-corrected chi connectivity index (χ2v) is 9.10. The van der Waals surface area contributed by atoms with Gasteiger partial charge in [-0.2, -0.15) is 0 Å². The fourth-order valence-corrected chi connectivity index (χ4v) is 4.91. The number of benzene rings is 2. The molecule has 34 heavy (non-hydrogen) atoms. The molecule has 2 amide bonds. The lowest BCUT2D eigenvalue weighted by molar-refractivity contribution is -0.141. The predicted molar refractivity (Wildman–Crippen MR) is 131 cm³/mol. The molecule has 2 N–H and O–H groups in total. The number of hydrogen-bond donors (Lipinski definition) is 2. The highest BCUT2D eigenvalue weighted by atomic mass is 16.5. The average molecular weight is 462 g/mol. The van der Waals surface area contributed by atoms with E-state index in [9.17, 15) is 9.59 Å². The quantitative estimate of drug-likeness (QED) is 0.419. The second kappa shape index (κ2) is 10.2. The van der Waals surface area contributed by atoms with Gasteiger partial charge in [-0.1, -0.05) is 18.2 Å². The molecule has 0 spiro atoms. The number of rotatable bonds is 6. The van der Waals surface area contributed by atoms with Gasteiger partial charge in [-0.25, -0.2) is 5.48 Å².